The van der Waals surface area contributed by atoms with Gasteiger partial charge in [0.1, 0.15) is 0 Å². The minimum atomic E-state index is -4.40. The predicted molar refractivity (Wildman–Crippen MR) is 144 cm³/mol. The molecule has 0 aliphatic carbocycles. The monoisotopic (exact) mass is 519 g/mol. The summed E-state index contributed by atoms with van der Waals surface area (Å²) in [6.45, 7) is 7.15. The van der Waals surface area contributed by atoms with Gasteiger partial charge in [-0.3, -0.25) is 4.98 Å². The molecule has 1 aliphatic rings. The third kappa shape index (κ3) is 10.2. The van der Waals surface area contributed by atoms with Gasteiger partial charge in [0.2, 0.25) is 0 Å². The molecule has 1 fully saturated rings. The molecular weight excluding hydrogens is 479 g/mol. The van der Waals surface area contributed by atoms with Crippen molar-refractivity contribution >= 4 is 22.6 Å². The van der Waals surface area contributed by atoms with E-state index >= 15 is 0 Å². The first-order chi connectivity index (χ1) is 17.7. The topological polar surface area (TPSA) is 65.5 Å². The molecule has 2 heterocycles. The van der Waals surface area contributed by atoms with Crippen molar-refractivity contribution in [1.29, 1.82) is 0 Å². The number of aromatic nitrogens is 1. The molecule has 8 heteroatoms. The van der Waals surface area contributed by atoms with Crippen LogP contribution in [0.3, 0.4) is 0 Å². The number of carboxylic acid groups (broad SMARTS) is 1. The number of unbranched alkanes of at least 4 members (excludes halogenated alkanes) is 7. The molecular formula is C29H40F3N3O2. The third-order valence-electron chi connectivity index (χ3n) is 6.64. The average Bonchev–Trinajstić information content (AvgIpc) is 2.86. The fraction of sp³-hybridized carbons (Fsp3) is 0.586. The van der Waals surface area contributed by atoms with Crippen LogP contribution in [0.25, 0.3) is 10.9 Å². The smallest absolute Gasteiger partial charge is 0.418 e. The fourth-order valence-corrected chi connectivity index (χ4v) is 4.92. The third-order valence-corrected chi connectivity index (χ3v) is 6.64. The van der Waals surface area contributed by atoms with Gasteiger partial charge in [-0.2, -0.15) is 13.2 Å². The van der Waals surface area contributed by atoms with Crippen LogP contribution in [0.2, 0.25) is 0 Å². The van der Waals surface area contributed by atoms with Gasteiger partial charge in [-0.1, -0.05) is 58.8 Å². The number of fused-ring (bicyclic) bond motifs is 1. The van der Waals surface area contributed by atoms with E-state index in [0.29, 0.717) is 17.3 Å². The Balaban J connectivity index is 0.000000877. The minimum absolute atomic E-state index is 0.0409. The summed E-state index contributed by atoms with van der Waals surface area (Å²) in [6.07, 6.45) is 12.9. The number of aliphatic carboxylic acids is 1. The molecule has 1 aromatic heterocycles. The highest BCUT2D eigenvalue weighted by molar-refractivity contribution is 5.94. The van der Waals surface area contributed by atoms with Crippen molar-refractivity contribution in [2.24, 2.45) is 5.92 Å². The fourth-order valence-electron chi connectivity index (χ4n) is 4.92. The summed E-state index contributed by atoms with van der Waals surface area (Å²) in [5.41, 5.74) is 0.233. The zero-order valence-electron chi connectivity index (χ0n) is 22.0. The number of hydrogen-bond donors (Lipinski definition) is 2. The molecule has 37 heavy (non-hydrogen) atoms. The summed E-state index contributed by atoms with van der Waals surface area (Å²) in [5.74, 6) is 0.707. The number of benzene rings is 1. The number of pyridine rings is 1. The van der Waals surface area contributed by atoms with Crippen molar-refractivity contribution < 1.29 is 23.1 Å². The number of alkyl halides is 3. The average molecular weight is 520 g/mol. The normalized spacial score (nSPS) is 17.7. The van der Waals surface area contributed by atoms with Crippen molar-refractivity contribution in [2.75, 3.05) is 24.5 Å². The molecule has 0 saturated carbocycles. The number of rotatable bonds is 11. The molecule has 2 aromatic rings. The van der Waals surface area contributed by atoms with E-state index in [-0.39, 0.29) is 5.52 Å². The van der Waals surface area contributed by atoms with E-state index in [1.54, 1.807) is 18.2 Å². The highest BCUT2D eigenvalue weighted by Crippen LogP contribution is 2.38. The lowest BCUT2D eigenvalue weighted by atomic mass is 9.94. The lowest BCUT2D eigenvalue weighted by molar-refractivity contribution is -0.136. The Labute approximate surface area is 218 Å². The summed E-state index contributed by atoms with van der Waals surface area (Å²) >= 11 is 0. The van der Waals surface area contributed by atoms with Crippen molar-refractivity contribution in [3.05, 3.63) is 36.0 Å². The number of hydrogen-bond acceptors (Lipinski definition) is 4. The molecule has 0 radical (unpaired) electrons. The maximum absolute atomic E-state index is 13.5. The second kappa shape index (κ2) is 15.5. The van der Waals surface area contributed by atoms with Crippen LogP contribution in [0.5, 0.6) is 0 Å². The second-order valence-electron chi connectivity index (χ2n) is 9.85. The molecule has 0 amide bonds. The molecule has 0 unspecified atom stereocenters. The standard InChI is InChI=1S/C26H38F3N3.C3H2O2/c1-3-4-5-6-7-8-9-10-15-30-21-17-20(2)18-32(19-21)24-14-13-23(26(27,28)29)25-22(24)12-11-16-31-25;1-2-3(4)5/h11-14,16,20-21,30H,3-10,15,17-19H2,1-2H3;1H,(H,4,5)/t20-,21+;/m0./s1. The quantitative estimate of drug-likeness (QED) is 0.250. The van der Waals surface area contributed by atoms with Crippen LogP contribution >= 0.6 is 0 Å². The molecule has 3 rings (SSSR count). The zero-order chi connectivity index (χ0) is 27.3. The maximum Gasteiger partial charge on any atom is 0.418 e. The van der Waals surface area contributed by atoms with Gasteiger partial charge in [-0.25, -0.2) is 4.79 Å². The van der Waals surface area contributed by atoms with Crippen molar-refractivity contribution in [1.82, 2.24) is 10.3 Å². The van der Waals surface area contributed by atoms with E-state index in [4.69, 9.17) is 9.90 Å². The Morgan fingerprint density at radius 2 is 1.78 bits per heavy atom. The number of terminal acetylenes is 1. The number of carbonyl (C=O) groups is 1. The molecule has 0 spiro atoms. The maximum atomic E-state index is 13.5. The zero-order valence-corrected chi connectivity index (χ0v) is 22.0. The molecule has 2 atom stereocenters. The number of anilines is 1. The Morgan fingerprint density at radius 1 is 1.14 bits per heavy atom. The number of carboxylic acids is 1. The van der Waals surface area contributed by atoms with Crippen LogP contribution in [0.1, 0.15) is 77.2 Å². The van der Waals surface area contributed by atoms with Gasteiger partial charge in [0, 0.05) is 42.3 Å². The van der Waals surface area contributed by atoms with E-state index in [1.165, 1.54) is 69.6 Å². The van der Waals surface area contributed by atoms with Crippen LogP contribution in [-0.4, -0.2) is 41.7 Å². The first kappa shape index (κ1) is 30.4. The van der Waals surface area contributed by atoms with E-state index < -0.39 is 17.7 Å². The summed E-state index contributed by atoms with van der Waals surface area (Å²) in [6, 6.07) is 6.65. The van der Waals surface area contributed by atoms with Crippen molar-refractivity contribution in [3.8, 4) is 12.3 Å². The number of piperidine rings is 1. The van der Waals surface area contributed by atoms with Gasteiger partial charge in [-0.05, 0) is 49.6 Å². The molecule has 204 valence electrons. The highest BCUT2D eigenvalue weighted by Gasteiger charge is 2.34. The predicted octanol–water partition coefficient (Wildman–Crippen LogP) is 6.90. The molecule has 1 aliphatic heterocycles. The SMILES string of the molecule is C#CC(=O)O.CCCCCCCCCCN[C@@H]1C[C@H](C)CN(c2ccc(C(F)(F)F)c3ncccc23)C1. The minimum Gasteiger partial charge on any atom is -0.472 e. The molecule has 1 saturated heterocycles. The molecule has 5 nitrogen and oxygen atoms in total. The van der Waals surface area contributed by atoms with E-state index in [1.807, 2.05) is 0 Å². The van der Waals surface area contributed by atoms with Gasteiger partial charge < -0.3 is 15.3 Å². The van der Waals surface area contributed by atoms with Gasteiger partial charge in [0.15, 0.2) is 0 Å². The second-order valence-corrected chi connectivity index (χ2v) is 9.85. The summed E-state index contributed by atoms with van der Waals surface area (Å²) < 4.78 is 40.4. The molecule has 0 bridgehead atoms. The van der Waals surface area contributed by atoms with Gasteiger partial charge >= 0.3 is 12.1 Å². The van der Waals surface area contributed by atoms with Crippen LogP contribution in [0, 0.1) is 18.3 Å². The first-order valence-corrected chi connectivity index (χ1v) is 13.3. The number of halogens is 3. The van der Waals surface area contributed by atoms with Gasteiger partial charge in [-0.15, -0.1) is 6.42 Å². The summed E-state index contributed by atoms with van der Waals surface area (Å²) in [7, 11) is 0. The Kier molecular flexibility index (Phi) is 12.7. The van der Waals surface area contributed by atoms with E-state index in [2.05, 4.69) is 35.5 Å². The Morgan fingerprint density at radius 3 is 2.41 bits per heavy atom. The van der Waals surface area contributed by atoms with Crippen LogP contribution in [0.4, 0.5) is 18.9 Å². The number of nitrogens with one attached hydrogen (secondary N) is 1. The lowest BCUT2D eigenvalue weighted by Crippen LogP contribution is -2.49. The van der Waals surface area contributed by atoms with Gasteiger partial charge in [0.05, 0.1) is 11.1 Å². The van der Waals surface area contributed by atoms with Gasteiger partial charge in [0.25, 0.3) is 0 Å². The van der Waals surface area contributed by atoms with E-state index in [9.17, 15) is 13.2 Å². The van der Waals surface area contributed by atoms with Crippen LogP contribution in [-0.2, 0) is 11.0 Å². The Bertz CT molecular complexity index is 1020. The first-order valence-electron chi connectivity index (χ1n) is 13.3. The summed E-state index contributed by atoms with van der Waals surface area (Å²) in [4.78, 5) is 15.5. The van der Waals surface area contributed by atoms with Crippen molar-refractivity contribution in [3.63, 3.8) is 0 Å². The Hall–Kier alpha value is -2.79. The largest absolute Gasteiger partial charge is 0.472 e. The van der Waals surface area contributed by atoms with Crippen molar-refractivity contribution in [2.45, 2.75) is 83.9 Å². The highest BCUT2D eigenvalue weighted by atomic mass is 19.4. The van der Waals surface area contributed by atoms with E-state index in [0.717, 1.165) is 31.7 Å². The van der Waals surface area contributed by atoms with Crippen LogP contribution < -0.4 is 10.2 Å². The molecule has 1 aromatic carbocycles. The molecule has 2 N–H and O–H groups in total. The summed E-state index contributed by atoms with van der Waals surface area (Å²) in [5, 5.41) is 11.8. The number of nitrogens with zero attached hydrogens (tertiary/aromatic N) is 2. The van der Waals surface area contributed by atoms with Crippen LogP contribution in [0.15, 0.2) is 30.5 Å². The lowest BCUT2D eigenvalue weighted by Gasteiger charge is -2.39.